The molecule has 0 aromatic rings. The van der Waals surface area contributed by atoms with Gasteiger partial charge in [-0.2, -0.15) is 5.26 Å². The number of hydrogen-bond acceptors (Lipinski definition) is 39. The number of carbonyl (C=O) groups excluding carboxylic acids is 17. The quantitative estimate of drug-likeness (QED) is 0.0116. The van der Waals surface area contributed by atoms with Gasteiger partial charge < -0.3 is 137 Å². The summed E-state index contributed by atoms with van der Waals surface area (Å²) in [6.45, 7) is 16.9. The van der Waals surface area contributed by atoms with Crippen molar-refractivity contribution >= 4 is 110 Å². The minimum atomic E-state index is -2.00. The van der Waals surface area contributed by atoms with Gasteiger partial charge >= 0.3 is 53.7 Å². The van der Waals surface area contributed by atoms with Crippen LogP contribution in [0.15, 0.2) is 0 Å². The highest BCUT2D eigenvalue weighted by atomic mass is 31.2. The summed E-state index contributed by atoms with van der Waals surface area (Å²) in [6, 6.07) is -3.32. The fourth-order valence-corrected chi connectivity index (χ4v) is 15.7. The van der Waals surface area contributed by atoms with Crippen molar-refractivity contribution in [3.8, 4) is 6.07 Å². The third-order valence-corrected chi connectivity index (χ3v) is 21.2. The van der Waals surface area contributed by atoms with E-state index in [0.29, 0.717) is 25.7 Å². The van der Waals surface area contributed by atoms with Gasteiger partial charge in [0.1, 0.15) is 62.3 Å². The van der Waals surface area contributed by atoms with Crippen LogP contribution in [0.25, 0.3) is 0 Å². The van der Waals surface area contributed by atoms with E-state index in [9.17, 15) is 86.8 Å². The molecule has 17 unspecified atom stereocenters. The Balaban J connectivity index is 1.56. The zero-order valence-corrected chi connectivity index (χ0v) is 76.2. The van der Waals surface area contributed by atoms with Gasteiger partial charge in [0.15, 0.2) is 49.2 Å². The Kier molecular flexibility index (Phi) is 50.3. The number of ether oxygens (including phenoxy) is 18. The molecule has 3 heterocycles. The molecule has 17 atom stereocenters. The summed E-state index contributed by atoms with van der Waals surface area (Å²) < 4.78 is 116. The molecule has 4 rings (SSSR count). The van der Waals surface area contributed by atoms with Crippen molar-refractivity contribution in [3.63, 3.8) is 0 Å². The summed E-state index contributed by atoms with van der Waals surface area (Å²) in [7, 11) is -1.62. The van der Waals surface area contributed by atoms with E-state index < -0.39 is 252 Å². The van der Waals surface area contributed by atoms with Crippen LogP contribution >= 0.6 is 8.53 Å². The molecule has 3 aliphatic heterocycles. The highest BCUT2D eigenvalue weighted by Gasteiger charge is 2.58. The first kappa shape index (κ1) is 111. The lowest BCUT2D eigenvalue weighted by molar-refractivity contribution is -0.279. The summed E-state index contributed by atoms with van der Waals surface area (Å²) in [4.78, 5) is 218. The van der Waals surface area contributed by atoms with Gasteiger partial charge in [-0.15, -0.1) is 0 Å². The van der Waals surface area contributed by atoms with E-state index in [1.54, 1.807) is 0 Å². The van der Waals surface area contributed by atoms with Gasteiger partial charge in [-0.25, -0.2) is 4.67 Å². The molecule has 1 saturated carbocycles. The largest absolute Gasteiger partial charge is 0.463 e. The Morgan fingerprint density at radius 2 is 0.867 bits per heavy atom. The molecule has 3 saturated heterocycles. The van der Waals surface area contributed by atoms with Gasteiger partial charge in [0.05, 0.1) is 91.3 Å². The van der Waals surface area contributed by atoms with Crippen LogP contribution in [-0.4, -0.2) is 333 Å². The van der Waals surface area contributed by atoms with E-state index in [4.69, 9.17) is 94.3 Å². The molecule has 0 aromatic carbocycles. The molecule has 1 aliphatic carbocycles. The minimum absolute atomic E-state index is 0.0141. The molecular formula is C80H127N10O37P. The van der Waals surface area contributed by atoms with Crippen molar-refractivity contribution in [1.82, 2.24) is 47.2 Å². The molecule has 128 heavy (non-hydrogen) atoms. The molecule has 4 fully saturated rings. The van der Waals surface area contributed by atoms with Crippen LogP contribution < -0.4 is 42.5 Å². The molecule has 0 spiro atoms. The maximum Gasteiger partial charge on any atom is 0.303 e. The smallest absolute Gasteiger partial charge is 0.303 e. The van der Waals surface area contributed by atoms with Gasteiger partial charge in [0, 0.05) is 134 Å². The Labute approximate surface area is 743 Å². The van der Waals surface area contributed by atoms with Crippen LogP contribution in [0.5, 0.6) is 0 Å². The summed E-state index contributed by atoms with van der Waals surface area (Å²) in [5.41, 5.74) is -2.00. The van der Waals surface area contributed by atoms with E-state index in [2.05, 4.69) is 53.3 Å². The number of amides is 8. The maximum absolute atomic E-state index is 14.4. The molecule has 8 N–H and O–H groups in total. The van der Waals surface area contributed by atoms with Crippen LogP contribution in [-0.2, 0) is 176 Å². The average Bonchev–Trinajstić information content (AvgIpc) is 0.765. The van der Waals surface area contributed by atoms with Gasteiger partial charge in [0.25, 0.3) is 8.53 Å². The highest BCUT2D eigenvalue weighted by molar-refractivity contribution is 7.44. The van der Waals surface area contributed by atoms with E-state index in [1.165, 1.54) is 6.92 Å². The van der Waals surface area contributed by atoms with Gasteiger partial charge in [0.2, 0.25) is 53.0 Å². The number of nitrogens with zero attached hydrogens (tertiary/aromatic N) is 2. The monoisotopic (exact) mass is 1850 g/mol. The predicted molar refractivity (Wildman–Crippen MR) is 436 cm³/mol. The first-order valence-corrected chi connectivity index (χ1v) is 43.1. The Bertz CT molecular complexity index is 3690. The Morgan fingerprint density at radius 3 is 1.29 bits per heavy atom. The molecule has 47 nitrogen and oxygen atoms in total. The summed E-state index contributed by atoms with van der Waals surface area (Å²) in [6.07, 6.45) is -15.5. The average molecular weight is 1850 g/mol. The van der Waals surface area contributed by atoms with Crippen molar-refractivity contribution < 1.29 is 176 Å². The third-order valence-electron chi connectivity index (χ3n) is 19.0. The van der Waals surface area contributed by atoms with E-state index in [1.807, 2.05) is 27.7 Å². The molecule has 0 radical (unpaired) electrons. The number of hydrogen-bond donors (Lipinski definition) is 8. The van der Waals surface area contributed by atoms with Crippen molar-refractivity contribution in [2.45, 2.75) is 284 Å². The molecule has 48 heteroatoms. The fraction of sp³-hybridized carbons (Fsp3) is 0.775. The Morgan fingerprint density at radius 1 is 0.453 bits per heavy atom. The van der Waals surface area contributed by atoms with Gasteiger partial charge in [-0.1, -0.05) is 0 Å². The van der Waals surface area contributed by atoms with Crippen molar-refractivity contribution in [2.75, 3.05) is 112 Å². The van der Waals surface area contributed by atoms with Gasteiger partial charge in [-0.05, 0) is 66.2 Å². The summed E-state index contributed by atoms with van der Waals surface area (Å²) in [5.74, 6) is -13.2. The van der Waals surface area contributed by atoms with E-state index >= 15 is 0 Å². The second kappa shape index (κ2) is 58.2. The van der Waals surface area contributed by atoms with Crippen LogP contribution in [0.1, 0.15) is 169 Å². The highest BCUT2D eigenvalue weighted by Crippen LogP contribution is 2.49. The number of rotatable bonds is 55. The number of esters is 9. The zero-order chi connectivity index (χ0) is 95.3. The summed E-state index contributed by atoms with van der Waals surface area (Å²) >= 11 is 0. The first-order valence-electron chi connectivity index (χ1n) is 42.0. The summed E-state index contributed by atoms with van der Waals surface area (Å²) in [5, 5.41) is 30.5. The number of nitrogens with one attached hydrogen (secondary N) is 8. The second-order valence-corrected chi connectivity index (χ2v) is 31.9. The second-order valence-electron chi connectivity index (χ2n) is 30.5. The minimum Gasteiger partial charge on any atom is -0.463 e. The molecule has 0 aromatic heterocycles. The molecule has 8 amide bonds. The van der Waals surface area contributed by atoms with Crippen LogP contribution in [0.2, 0.25) is 0 Å². The molecular weight excluding hydrogens is 1720 g/mol. The van der Waals surface area contributed by atoms with E-state index in [-0.39, 0.29) is 123 Å². The lowest BCUT2D eigenvalue weighted by Crippen LogP contribution is -2.72. The van der Waals surface area contributed by atoms with Crippen molar-refractivity contribution in [3.05, 3.63) is 0 Å². The maximum atomic E-state index is 14.4. The van der Waals surface area contributed by atoms with Crippen LogP contribution in [0, 0.1) is 17.2 Å². The van der Waals surface area contributed by atoms with E-state index in [0.717, 1.165) is 76.2 Å². The number of carbonyl (C=O) groups is 17. The lowest BCUT2D eigenvalue weighted by atomic mass is 9.86. The fourth-order valence-electron chi connectivity index (χ4n) is 13.9. The van der Waals surface area contributed by atoms with Crippen LogP contribution in [0.3, 0.4) is 0 Å². The molecule has 4 aliphatic rings. The normalized spacial score (nSPS) is 24.4. The number of nitriles is 1. The standard InChI is InChI=1S/C80H127N10O37P/c1-44(2)90(45(3)4)128(118-30-17-26-81)127-59-20-18-58(19-21-59)75(105)88-61(77(107)84-29-33-110-36-39-117-80(89-48(7)93)43-116-62(40-113-49(8)94)71(121-54(13)99)74(80)124-57(16)102)23-25-66(104)87-60(76(106)83-28-32-109-35-38-112-79-68(86-47(6)92)73(123-56(15)101)70(120-53(12)98)64(126-79)42-115-51(10)96)22-24-65(103)82-27-31-108-34-37-111-78-67(85-46(5)91)72(122-55(14)100)69(119-52(11)97)63(125-78)41-114-50(9)95/h44-45,58-64,67-74,78-79H,17-25,27-43H2,1-16H3,(H,82,103)(H,83,106)(H,84,107)(H,85,91)(H,86,92)(H,87,104)(H,88,105)(H,89,93)/t58-,59-,60?,61?,62?,63?,64?,67?,68?,69?,70?,71?,72?,73?,74?,78?,79?,80?,128?. The third kappa shape index (κ3) is 41.0. The SMILES string of the molecule is CC(=O)NC1C(OCCOCCNC(=O)CCC(NC(=O)CCC(NC(=O)[C@H]2CC[C@H](OP(OCCC#N)N(C(C)C)C(C)C)CC2)C(=O)NCCOCCOC2(NC(C)=O)COC(COC(C)=O)C(OC(C)=O)C2OC(C)=O)C(=O)NCCOCCOC2OC(COC(C)=O)C(OC(C)=O)C(OC(C)=O)C2NC(C)=O)OC(COC(C)=O)C(OC(C)=O)C1OC(C)=O. The first-order chi connectivity index (χ1) is 60.5. The Hall–Kier alpha value is -9.57. The molecule has 724 valence electrons. The predicted octanol–water partition coefficient (Wildman–Crippen LogP) is -1.21. The van der Waals surface area contributed by atoms with Crippen molar-refractivity contribution in [1.29, 1.82) is 5.26 Å². The van der Waals surface area contributed by atoms with Crippen LogP contribution in [0.4, 0.5) is 0 Å². The lowest BCUT2D eigenvalue weighted by Gasteiger charge is -2.48. The topological polar surface area (TPSA) is 598 Å². The van der Waals surface area contributed by atoms with Crippen molar-refractivity contribution in [2.24, 2.45) is 5.92 Å². The zero-order valence-electron chi connectivity index (χ0n) is 75.3. The van der Waals surface area contributed by atoms with Gasteiger partial charge in [-0.3, -0.25) is 81.5 Å². The molecule has 0 bridgehead atoms.